The van der Waals surface area contributed by atoms with Crippen LogP contribution in [0.15, 0.2) is 12.4 Å². The highest BCUT2D eigenvalue weighted by Crippen LogP contribution is 2.00. The quantitative estimate of drug-likeness (QED) is 0.602. The maximum absolute atomic E-state index is 7.83. The number of nitriles is 3. The molecule has 1 aliphatic rings. The van der Waals surface area contributed by atoms with Gasteiger partial charge in [-0.3, -0.25) is 4.70 Å². The van der Waals surface area contributed by atoms with E-state index in [9.17, 15) is 0 Å². The van der Waals surface area contributed by atoms with E-state index in [1.807, 2.05) is 0 Å². The second-order valence-corrected chi connectivity index (χ2v) is 2.92. The molecule has 0 aromatic heterocycles. The third-order valence-corrected chi connectivity index (χ3v) is 1.73. The monoisotopic (exact) mass is 221 g/mol. The van der Waals surface area contributed by atoms with Gasteiger partial charge in [-0.25, -0.2) is 15.8 Å². The smallest absolute Gasteiger partial charge is 0.362 e. The van der Waals surface area contributed by atoms with Crippen molar-refractivity contribution in [3.63, 3.8) is 0 Å². The van der Waals surface area contributed by atoms with E-state index in [2.05, 4.69) is 36.2 Å². The van der Waals surface area contributed by atoms with E-state index in [0.717, 1.165) is 13.2 Å². The second kappa shape index (κ2) is 9.36. The molecule has 7 heteroatoms. The molecule has 0 aromatic carbocycles. The number of hydrogen-bond acceptors (Lipinski definition) is 5. The summed E-state index contributed by atoms with van der Waals surface area (Å²) in [4.78, 5) is 4.41. The van der Waals surface area contributed by atoms with Crippen molar-refractivity contribution in [2.24, 2.45) is 0 Å². The van der Waals surface area contributed by atoms with Gasteiger partial charge in [0, 0.05) is 43.9 Å². The van der Waals surface area contributed by atoms with E-state index in [1.165, 1.54) is 17.9 Å². The van der Waals surface area contributed by atoms with Gasteiger partial charge >= 0.3 is 6.71 Å². The number of nitrogens with zero attached hydrogens (tertiary/aromatic N) is 5. The summed E-state index contributed by atoms with van der Waals surface area (Å²) in [6, 6.07) is 0. The van der Waals surface area contributed by atoms with E-state index >= 15 is 0 Å². The molecular weight excluding hydrogens is 208 g/mol. The summed E-state index contributed by atoms with van der Waals surface area (Å²) in [5, 5.41) is 23.5. The topological polar surface area (TPSA) is 77.8 Å². The number of rotatable bonds is 1. The van der Waals surface area contributed by atoms with Crippen LogP contribution in [-0.2, 0) is 0 Å². The Balaban J connectivity index is 0. The van der Waals surface area contributed by atoms with Crippen molar-refractivity contribution in [3.05, 3.63) is 12.4 Å². The number of halogens is 1. The minimum absolute atomic E-state index is 0. The summed E-state index contributed by atoms with van der Waals surface area (Å²) in [6.45, 7) is 3.22. The van der Waals surface area contributed by atoms with Crippen LogP contribution in [0.4, 0.5) is 4.70 Å². The zero-order chi connectivity index (χ0) is 11.7. The molecule has 0 bridgehead atoms. The molecule has 0 aromatic rings. The Morgan fingerprint density at radius 1 is 1.19 bits per heavy atom. The molecule has 0 aliphatic carbocycles. The predicted molar refractivity (Wildman–Crippen MR) is 59.2 cm³/mol. The zero-order valence-electron chi connectivity index (χ0n) is 9.29. The summed E-state index contributed by atoms with van der Waals surface area (Å²) < 4.78 is 0. The molecule has 1 rings (SSSR count). The molecule has 0 N–H and O–H groups in total. The fourth-order valence-corrected chi connectivity index (χ4v) is 0.881. The lowest BCUT2D eigenvalue weighted by Gasteiger charge is -2.14. The molecule has 0 radical (unpaired) electrons. The van der Waals surface area contributed by atoms with Crippen LogP contribution >= 0.6 is 0 Å². The largest absolute Gasteiger partial charge is 0.495 e. The Morgan fingerprint density at radius 2 is 1.69 bits per heavy atom. The molecule has 1 aliphatic heterocycles. The van der Waals surface area contributed by atoms with Gasteiger partial charge in [-0.15, -0.1) is 0 Å². The standard InChI is InChI=1S/C6H12N2.C3BN3.FH/c1-3-8-5-4-7(2)6-8;5-1-4(2-6)3-7;/h4-5H,3,6H2,1-2H3;;1H. The van der Waals surface area contributed by atoms with Crippen LogP contribution in [-0.4, -0.2) is 36.8 Å². The predicted octanol–water partition coefficient (Wildman–Crippen LogP) is 0.504. The summed E-state index contributed by atoms with van der Waals surface area (Å²) in [5.74, 6) is 4.44. The molecule has 0 saturated heterocycles. The van der Waals surface area contributed by atoms with Gasteiger partial charge in [0.25, 0.3) is 0 Å². The van der Waals surface area contributed by atoms with Crippen molar-refractivity contribution >= 4 is 6.71 Å². The van der Waals surface area contributed by atoms with Crippen LogP contribution in [0.1, 0.15) is 6.92 Å². The summed E-state index contributed by atoms with van der Waals surface area (Å²) >= 11 is 0. The van der Waals surface area contributed by atoms with Crippen LogP contribution in [0.25, 0.3) is 0 Å². The van der Waals surface area contributed by atoms with E-state index in [-0.39, 0.29) is 4.70 Å². The Morgan fingerprint density at radius 3 is 1.81 bits per heavy atom. The Hall–Kier alpha value is -2.20. The minimum Gasteiger partial charge on any atom is -0.362 e. The van der Waals surface area contributed by atoms with Gasteiger partial charge in [0.05, 0.1) is 6.67 Å². The van der Waals surface area contributed by atoms with Crippen molar-refractivity contribution in [1.29, 1.82) is 15.8 Å². The van der Waals surface area contributed by atoms with Gasteiger partial charge in [-0.2, -0.15) is 0 Å². The van der Waals surface area contributed by atoms with Gasteiger partial charge in [-0.05, 0) is 6.92 Å². The Kier molecular flexibility index (Phi) is 9.51. The van der Waals surface area contributed by atoms with Gasteiger partial charge in [0.2, 0.25) is 0 Å². The van der Waals surface area contributed by atoms with Gasteiger partial charge in [0.15, 0.2) is 0 Å². The third kappa shape index (κ3) is 6.29. The van der Waals surface area contributed by atoms with Crippen molar-refractivity contribution in [2.75, 3.05) is 20.3 Å². The first-order valence-electron chi connectivity index (χ1n) is 4.49. The Labute approximate surface area is 95.2 Å². The van der Waals surface area contributed by atoms with Crippen LogP contribution in [0.3, 0.4) is 0 Å². The molecule has 0 fully saturated rings. The molecule has 16 heavy (non-hydrogen) atoms. The second-order valence-electron chi connectivity index (χ2n) is 2.92. The molecule has 0 unspecified atom stereocenters. The first-order valence-corrected chi connectivity index (χ1v) is 4.49. The minimum atomic E-state index is -1.10. The van der Waals surface area contributed by atoms with Crippen LogP contribution < -0.4 is 0 Å². The van der Waals surface area contributed by atoms with Gasteiger partial charge in [-0.1, -0.05) is 0 Å². The first-order chi connectivity index (χ1) is 7.17. The van der Waals surface area contributed by atoms with Gasteiger partial charge < -0.3 is 9.80 Å². The average molecular weight is 221 g/mol. The van der Waals surface area contributed by atoms with Crippen molar-refractivity contribution in [2.45, 2.75) is 6.92 Å². The third-order valence-electron chi connectivity index (χ3n) is 1.73. The molecular formula is C9H13BFN5. The molecule has 0 atom stereocenters. The normalized spacial score (nSPS) is 11.2. The average Bonchev–Trinajstić information content (AvgIpc) is 2.68. The van der Waals surface area contributed by atoms with Crippen molar-refractivity contribution < 1.29 is 4.70 Å². The van der Waals surface area contributed by atoms with Crippen molar-refractivity contribution in [1.82, 2.24) is 9.80 Å². The molecule has 84 valence electrons. The van der Waals surface area contributed by atoms with Crippen LogP contribution in [0, 0.1) is 33.7 Å². The fraction of sp³-hybridized carbons (Fsp3) is 0.444. The maximum Gasteiger partial charge on any atom is 0.495 e. The van der Waals surface area contributed by atoms with E-state index in [0.29, 0.717) is 0 Å². The molecule has 0 amide bonds. The lowest BCUT2D eigenvalue weighted by molar-refractivity contribution is 0.308. The van der Waals surface area contributed by atoms with Gasteiger partial charge in [0.1, 0.15) is 0 Å². The van der Waals surface area contributed by atoms with Crippen LogP contribution in [0.2, 0.25) is 0 Å². The lowest BCUT2D eigenvalue weighted by Crippen LogP contribution is -2.21. The highest BCUT2D eigenvalue weighted by molar-refractivity contribution is 6.81. The van der Waals surface area contributed by atoms with Crippen LogP contribution in [0.5, 0.6) is 0 Å². The summed E-state index contributed by atoms with van der Waals surface area (Å²) in [6.07, 6.45) is 4.20. The molecule has 0 spiro atoms. The zero-order valence-corrected chi connectivity index (χ0v) is 9.29. The van der Waals surface area contributed by atoms with E-state index in [4.69, 9.17) is 15.8 Å². The lowest BCUT2D eigenvalue weighted by atomic mass is 9.55. The fourth-order valence-electron chi connectivity index (χ4n) is 0.881. The molecule has 5 nitrogen and oxygen atoms in total. The highest BCUT2D eigenvalue weighted by atomic mass is 19.0. The summed E-state index contributed by atoms with van der Waals surface area (Å²) in [5.41, 5.74) is 0. The SMILES string of the molecule is CCN1C=CN(C)C1.F.N#CB(C#N)C#N. The first kappa shape index (κ1) is 16.2. The highest BCUT2D eigenvalue weighted by Gasteiger charge is 2.08. The Bertz CT molecular complexity index is 304. The number of hydrogen-bond donors (Lipinski definition) is 0. The summed E-state index contributed by atoms with van der Waals surface area (Å²) in [7, 11) is 2.08. The molecule has 1 heterocycles. The maximum atomic E-state index is 7.83. The van der Waals surface area contributed by atoms with E-state index < -0.39 is 6.71 Å². The van der Waals surface area contributed by atoms with E-state index in [1.54, 1.807) is 0 Å². The van der Waals surface area contributed by atoms with Crippen molar-refractivity contribution in [3.8, 4) is 17.9 Å². The molecule has 0 saturated carbocycles.